The van der Waals surface area contributed by atoms with E-state index in [2.05, 4.69) is 38.2 Å². The molecule has 3 rings (SSSR count). The molecule has 2 aromatic rings. The van der Waals surface area contributed by atoms with Gasteiger partial charge < -0.3 is 4.84 Å². The first kappa shape index (κ1) is 15.2. The van der Waals surface area contributed by atoms with Crippen molar-refractivity contribution in [1.82, 2.24) is 19.8 Å². The summed E-state index contributed by atoms with van der Waals surface area (Å²) < 4.78 is 3.46. The van der Waals surface area contributed by atoms with Crippen LogP contribution in [0.5, 0.6) is 0 Å². The molecule has 0 spiro atoms. The number of aromatic nitrogens is 4. The predicted octanol–water partition coefficient (Wildman–Crippen LogP) is 1.87. The van der Waals surface area contributed by atoms with E-state index in [4.69, 9.17) is 4.84 Å². The minimum atomic E-state index is -0.291. The van der Waals surface area contributed by atoms with E-state index in [1.807, 2.05) is 25.1 Å². The number of oxime groups is 1. The summed E-state index contributed by atoms with van der Waals surface area (Å²) in [7, 11) is 1.57. The fourth-order valence-electron chi connectivity index (χ4n) is 2.13. The number of halogens is 1. The molecule has 1 fully saturated rings. The van der Waals surface area contributed by atoms with Crippen LogP contribution < -0.4 is 5.69 Å². The van der Waals surface area contributed by atoms with Crippen LogP contribution in [0.15, 0.2) is 28.1 Å². The molecule has 0 N–H and O–H groups in total. The Morgan fingerprint density at radius 1 is 1.45 bits per heavy atom. The lowest BCUT2D eigenvalue weighted by molar-refractivity contribution is 0.129. The summed E-state index contributed by atoms with van der Waals surface area (Å²) in [5, 5.41) is 11.8. The predicted molar refractivity (Wildman–Crippen MR) is 89.9 cm³/mol. The lowest BCUT2D eigenvalue weighted by Crippen LogP contribution is -2.23. The van der Waals surface area contributed by atoms with Crippen molar-refractivity contribution in [2.24, 2.45) is 18.1 Å². The standard InChI is InChI=1S/C14H16IN5O2/c1-9(10-6-7-10)16-22-8-11-12(15)4-3-5-13(11)20-14(21)19(2)17-18-20/h3-5,10H,6-8H2,1-2H3. The Kier molecular flexibility index (Phi) is 4.27. The lowest BCUT2D eigenvalue weighted by atomic mass is 10.2. The largest absolute Gasteiger partial charge is 0.391 e. The van der Waals surface area contributed by atoms with Gasteiger partial charge in [-0.1, -0.05) is 11.2 Å². The van der Waals surface area contributed by atoms with E-state index in [9.17, 15) is 4.79 Å². The lowest BCUT2D eigenvalue weighted by Gasteiger charge is -2.09. The Labute approximate surface area is 141 Å². The van der Waals surface area contributed by atoms with E-state index >= 15 is 0 Å². The normalized spacial score (nSPS) is 15.1. The molecule has 0 radical (unpaired) electrons. The number of hydrogen-bond donors (Lipinski definition) is 0. The third-order valence-corrected chi connectivity index (χ3v) is 4.64. The molecule has 1 aliphatic carbocycles. The summed E-state index contributed by atoms with van der Waals surface area (Å²) in [6, 6.07) is 5.66. The number of hydrogen-bond acceptors (Lipinski definition) is 5. The highest BCUT2D eigenvalue weighted by molar-refractivity contribution is 14.1. The van der Waals surface area contributed by atoms with E-state index in [0.29, 0.717) is 18.2 Å². The van der Waals surface area contributed by atoms with Crippen molar-refractivity contribution in [3.05, 3.63) is 37.8 Å². The van der Waals surface area contributed by atoms with Gasteiger partial charge in [0, 0.05) is 22.1 Å². The molecule has 0 bridgehead atoms. The third kappa shape index (κ3) is 3.06. The van der Waals surface area contributed by atoms with Crippen LogP contribution in [-0.4, -0.2) is 25.5 Å². The Morgan fingerprint density at radius 3 is 2.86 bits per heavy atom. The Balaban J connectivity index is 1.88. The minimum absolute atomic E-state index is 0.291. The second-order valence-electron chi connectivity index (χ2n) is 5.31. The zero-order valence-electron chi connectivity index (χ0n) is 12.4. The smallest absolute Gasteiger partial charge is 0.368 e. The maximum atomic E-state index is 12.0. The first-order valence-electron chi connectivity index (χ1n) is 7.01. The summed E-state index contributed by atoms with van der Waals surface area (Å²) in [6.07, 6.45) is 2.39. The van der Waals surface area contributed by atoms with Crippen molar-refractivity contribution in [2.75, 3.05) is 0 Å². The molecule has 0 saturated heterocycles. The quantitative estimate of drug-likeness (QED) is 0.426. The van der Waals surface area contributed by atoms with Crippen LogP contribution in [0.2, 0.25) is 0 Å². The third-order valence-electron chi connectivity index (χ3n) is 3.63. The average molecular weight is 413 g/mol. The maximum absolute atomic E-state index is 12.0. The highest BCUT2D eigenvalue weighted by Crippen LogP contribution is 2.30. The summed E-state index contributed by atoms with van der Waals surface area (Å²) in [5.41, 5.74) is 2.28. The van der Waals surface area contributed by atoms with Crippen molar-refractivity contribution in [3.63, 3.8) is 0 Å². The summed E-state index contributed by atoms with van der Waals surface area (Å²) in [6.45, 7) is 2.28. The highest BCUT2D eigenvalue weighted by atomic mass is 127. The van der Waals surface area contributed by atoms with Crippen LogP contribution in [0.4, 0.5) is 0 Å². The fourth-order valence-corrected chi connectivity index (χ4v) is 2.77. The molecular weight excluding hydrogens is 397 g/mol. The van der Waals surface area contributed by atoms with Crippen molar-refractivity contribution in [1.29, 1.82) is 0 Å². The molecule has 0 amide bonds. The molecule has 8 heteroatoms. The number of aryl methyl sites for hydroxylation is 1. The highest BCUT2D eigenvalue weighted by Gasteiger charge is 2.25. The maximum Gasteiger partial charge on any atom is 0.368 e. The van der Waals surface area contributed by atoms with E-state index in [1.165, 1.54) is 22.2 Å². The molecule has 1 saturated carbocycles. The van der Waals surface area contributed by atoms with Gasteiger partial charge in [0.25, 0.3) is 0 Å². The van der Waals surface area contributed by atoms with Crippen molar-refractivity contribution in [3.8, 4) is 5.69 Å². The van der Waals surface area contributed by atoms with Crippen LogP contribution in [0, 0.1) is 9.49 Å². The zero-order valence-corrected chi connectivity index (χ0v) is 14.5. The summed E-state index contributed by atoms with van der Waals surface area (Å²) >= 11 is 2.22. The Bertz CT molecular complexity index is 776. The molecular formula is C14H16IN5O2. The Morgan fingerprint density at radius 2 is 2.23 bits per heavy atom. The summed E-state index contributed by atoms with van der Waals surface area (Å²) in [5.74, 6) is 0.580. The van der Waals surface area contributed by atoms with Gasteiger partial charge in [-0.25, -0.2) is 4.79 Å². The number of nitrogens with zero attached hydrogens (tertiary/aromatic N) is 5. The van der Waals surface area contributed by atoms with Crippen molar-refractivity contribution < 1.29 is 4.84 Å². The first-order valence-corrected chi connectivity index (χ1v) is 8.09. The van der Waals surface area contributed by atoms with Gasteiger partial charge >= 0.3 is 5.69 Å². The molecule has 22 heavy (non-hydrogen) atoms. The molecule has 0 aliphatic heterocycles. The summed E-state index contributed by atoms with van der Waals surface area (Å²) in [4.78, 5) is 17.5. The van der Waals surface area contributed by atoms with E-state index < -0.39 is 0 Å². The van der Waals surface area contributed by atoms with E-state index in [0.717, 1.165) is 14.8 Å². The fraction of sp³-hybridized carbons (Fsp3) is 0.429. The first-order chi connectivity index (χ1) is 10.6. The van der Waals surface area contributed by atoms with Crippen molar-refractivity contribution in [2.45, 2.75) is 26.4 Å². The molecule has 0 atom stereocenters. The minimum Gasteiger partial charge on any atom is -0.391 e. The van der Waals surface area contributed by atoms with Gasteiger partial charge in [-0.15, -0.1) is 0 Å². The topological polar surface area (TPSA) is 74.3 Å². The van der Waals surface area contributed by atoms with Gasteiger partial charge in [0.1, 0.15) is 6.61 Å². The van der Waals surface area contributed by atoms with Crippen LogP contribution in [0.3, 0.4) is 0 Å². The van der Waals surface area contributed by atoms with Crippen LogP contribution >= 0.6 is 22.6 Å². The van der Waals surface area contributed by atoms with Gasteiger partial charge in [-0.2, -0.15) is 9.36 Å². The zero-order chi connectivity index (χ0) is 15.7. The van der Waals surface area contributed by atoms with Gasteiger partial charge in [0.05, 0.1) is 11.4 Å². The molecule has 7 nitrogen and oxygen atoms in total. The Hall–Kier alpha value is -1.71. The second-order valence-corrected chi connectivity index (χ2v) is 6.48. The van der Waals surface area contributed by atoms with Gasteiger partial charge in [-0.3, -0.25) is 0 Å². The van der Waals surface area contributed by atoms with E-state index in [-0.39, 0.29) is 5.69 Å². The molecule has 1 aromatic heterocycles. The molecule has 1 aromatic carbocycles. The van der Waals surface area contributed by atoms with E-state index in [1.54, 1.807) is 7.05 Å². The van der Waals surface area contributed by atoms with Crippen LogP contribution in [0.25, 0.3) is 5.69 Å². The number of tetrazole rings is 1. The SMILES string of the molecule is CC(=NOCc1c(I)cccc1-n1nnn(C)c1=O)C1CC1. The van der Waals surface area contributed by atoms with Gasteiger partial charge in [-0.05, 0) is 64.9 Å². The average Bonchev–Trinajstić information content (AvgIpc) is 3.29. The van der Waals surface area contributed by atoms with Gasteiger partial charge in [0.2, 0.25) is 0 Å². The molecule has 116 valence electrons. The molecule has 1 heterocycles. The second kappa shape index (κ2) is 6.19. The van der Waals surface area contributed by atoms with Crippen LogP contribution in [0.1, 0.15) is 25.3 Å². The number of rotatable bonds is 5. The van der Waals surface area contributed by atoms with Crippen LogP contribution in [-0.2, 0) is 18.5 Å². The molecule has 1 aliphatic rings. The molecule has 0 unspecified atom stereocenters. The number of benzene rings is 1. The van der Waals surface area contributed by atoms with Gasteiger partial charge in [0.15, 0.2) is 0 Å². The van der Waals surface area contributed by atoms with Crippen molar-refractivity contribution >= 4 is 28.3 Å². The monoisotopic (exact) mass is 413 g/mol.